The fraction of sp³-hybridized carbons (Fsp3) is 0.263. The quantitative estimate of drug-likeness (QED) is 0.751. The number of nitrogens with zero attached hydrogens (tertiary/aromatic N) is 2. The lowest BCUT2D eigenvalue weighted by Crippen LogP contribution is -2.04. The van der Waals surface area contributed by atoms with E-state index in [1.54, 1.807) is 17.9 Å². The van der Waals surface area contributed by atoms with E-state index < -0.39 is 23.6 Å². The Bertz CT molecular complexity index is 1010. The summed E-state index contributed by atoms with van der Waals surface area (Å²) in [6, 6.07) is 8.73. The summed E-state index contributed by atoms with van der Waals surface area (Å²) >= 11 is 0. The maximum atomic E-state index is 12.8. The van der Waals surface area contributed by atoms with Crippen LogP contribution < -0.4 is 0 Å². The minimum absolute atomic E-state index is 0.0974. The van der Waals surface area contributed by atoms with Crippen LogP contribution in [-0.4, -0.2) is 20.9 Å². The Morgan fingerprint density at radius 3 is 2.46 bits per heavy atom. The normalized spacial score (nSPS) is 19.7. The number of carboxylic acid groups (broad SMARTS) is 1. The van der Waals surface area contributed by atoms with E-state index in [2.05, 4.69) is 5.10 Å². The van der Waals surface area contributed by atoms with Crippen LogP contribution in [0, 0.1) is 5.92 Å². The molecule has 4 rings (SSSR count). The standard InChI is InChI=1S/C19H15F3N2O2/c1-24-17-12(9-23-24)6-11(7-15(17)14-8-16(14)18(25)26)10-2-4-13(5-3-10)19(20,21)22/h2-7,9,14,16H,8H2,1H3,(H,25,26)/t14?,16-/m1/s1. The molecule has 0 saturated heterocycles. The zero-order valence-corrected chi connectivity index (χ0v) is 13.8. The number of halogens is 3. The highest BCUT2D eigenvalue weighted by molar-refractivity contribution is 5.89. The minimum Gasteiger partial charge on any atom is -0.481 e. The first kappa shape index (κ1) is 16.6. The van der Waals surface area contributed by atoms with Crippen molar-refractivity contribution in [1.82, 2.24) is 9.78 Å². The Morgan fingerprint density at radius 1 is 1.19 bits per heavy atom. The van der Waals surface area contributed by atoms with Crippen LogP contribution in [0.1, 0.15) is 23.5 Å². The van der Waals surface area contributed by atoms with E-state index in [9.17, 15) is 23.1 Å². The second-order valence-electron chi connectivity index (χ2n) is 6.63. The molecule has 0 aliphatic heterocycles. The topological polar surface area (TPSA) is 55.1 Å². The van der Waals surface area contributed by atoms with Gasteiger partial charge in [0.15, 0.2) is 0 Å². The summed E-state index contributed by atoms with van der Waals surface area (Å²) in [7, 11) is 1.79. The summed E-state index contributed by atoms with van der Waals surface area (Å²) in [5, 5.41) is 14.3. The van der Waals surface area contributed by atoms with Gasteiger partial charge in [-0.05, 0) is 47.4 Å². The lowest BCUT2D eigenvalue weighted by molar-refractivity contribution is -0.139. The van der Waals surface area contributed by atoms with Crippen molar-refractivity contribution in [2.45, 2.75) is 18.5 Å². The molecule has 1 aliphatic carbocycles. The average Bonchev–Trinajstić information content (AvgIpc) is 3.31. The first-order chi connectivity index (χ1) is 12.3. The number of rotatable bonds is 3. The number of hydrogen-bond donors (Lipinski definition) is 1. The summed E-state index contributed by atoms with van der Waals surface area (Å²) in [5.41, 5.74) is 2.46. The Morgan fingerprint density at radius 2 is 1.88 bits per heavy atom. The lowest BCUT2D eigenvalue weighted by atomic mass is 9.97. The van der Waals surface area contributed by atoms with E-state index in [0.29, 0.717) is 12.0 Å². The fourth-order valence-corrected chi connectivity index (χ4v) is 3.47. The van der Waals surface area contributed by atoms with Crippen molar-refractivity contribution in [2.75, 3.05) is 0 Å². The molecule has 1 unspecified atom stereocenters. The molecule has 1 fully saturated rings. The average molecular weight is 360 g/mol. The predicted octanol–water partition coefficient (Wildman–Crippen LogP) is 4.45. The van der Waals surface area contributed by atoms with Gasteiger partial charge in [0.25, 0.3) is 0 Å². The Balaban J connectivity index is 1.80. The van der Waals surface area contributed by atoms with Crippen LogP contribution in [0.3, 0.4) is 0 Å². The molecule has 1 saturated carbocycles. The molecule has 1 aliphatic rings. The molecule has 7 heteroatoms. The molecule has 0 spiro atoms. The maximum Gasteiger partial charge on any atom is 0.416 e. The number of carbonyl (C=O) groups is 1. The highest BCUT2D eigenvalue weighted by Crippen LogP contribution is 2.50. The highest BCUT2D eigenvalue weighted by Gasteiger charge is 2.45. The number of fused-ring (bicyclic) bond motifs is 1. The zero-order valence-electron chi connectivity index (χ0n) is 13.8. The molecule has 2 atom stereocenters. The first-order valence-corrected chi connectivity index (χ1v) is 8.12. The van der Waals surface area contributed by atoms with Crippen molar-refractivity contribution < 1.29 is 23.1 Å². The third-order valence-corrected chi connectivity index (χ3v) is 4.92. The van der Waals surface area contributed by atoms with E-state index in [1.165, 1.54) is 12.1 Å². The van der Waals surface area contributed by atoms with Gasteiger partial charge in [-0.1, -0.05) is 12.1 Å². The summed E-state index contributed by atoms with van der Waals surface area (Å²) in [6.45, 7) is 0. The third-order valence-electron chi connectivity index (χ3n) is 4.92. The smallest absolute Gasteiger partial charge is 0.416 e. The predicted molar refractivity (Wildman–Crippen MR) is 89.6 cm³/mol. The summed E-state index contributed by atoms with van der Waals surface area (Å²) in [4.78, 5) is 11.3. The van der Waals surface area contributed by atoms with Gasteiger partial charge in [0.1, 0.15) is 0 Å². The minimum atomic E-state index is -4.38. The Hall–Kier alpha value is -2.83. The van der Waals surface area contributed by atoms with E-state index in [1.807, 2.05) is 12.1 Å². The van der Waals surface area contributed by atoms with Gasteiger partial charge in [-0.2, -0.15) is 18.3 Å². The van der Waals surface area contributed by atoms with Crippen LogP contribution >= 0.6 is 0 Å². The van der Waals surface area contributed by atoms with E-state index in [4.69, 9.17) is 0 Å². The maximum absolute atomic E-state index is 12.8. The van der Waals surface area contributed by atoms with Gasteiger partial charge >= 0.3 is 12.1 Å². The third kappa shape index (κ3) is 2.73. The SMILES string of the molecule is Cn1ncc2cc(-c3ccc(C(F)(F)F)cc3)cc(C3C[C@H]3C(=O)O)c21. The van der Waals surface area contributed by atoms with E-state index >= 15 is 0 Å². The lowest BCUT2D eigenvalue weighted by Gasteiger charge is -2.11. The van der Waals surface area contributed by atoms with Crippen molar-refractivity contribution >= 4 is 16.9 Å². The van der Waals surface area contributed by atoms with Gasteiger partial charge in [0, 0.05) is 18.4 Å². The molecule has 3 aromatic rings. The monoisotopic (exact) mass is 360 g/mol. The van der Waals surface area contributed by atoms with Crippen LogP contribution in [0.15, 0.2) is 42.6 Å². The number of aliphatic carboxylic acids is 1. The van der Waals surface area contributed by atoms with E-state index in [-0.39, 0.29) is 5.92 Å². The van der Waals surface area contributed by atoms with Gasteiger partial charge in [0.05, 0.1) is 23.2 Å². The second-order valence-corrected chi connectivity index (χ2v) is 6.63. The summed E-state index contributed by atoms with van der Waals surface area (Å²) in [5.74, 6) is -1.35. The molecular weight excluding hydrogens is 345 g/mol. The van der Waals surface area contributed by atoms with Crippen LogP contribution in [-0.2, 0) is 18.0 Å². The largest absolute Gasteiger partial charge is 0.481 e. The molecule has 26 heavy (non-hydrogen) atoms. The molecule has 0 bridgehead atoms. The number of hydrogen-bond acceptors (Lipinski definition) is 2. The van der Waals surface area contributed by atoms with Crippen molar-refractivity contribution in [3.8, 4) is 11.1 Å². The number of aromatic nitrogens is 2. The second kappa shape index (κ2) is 5.59. The fourth-order valence-electron chi connectivity index (χ4n) is 3.47. The number of aryl methyl sites for hydroxylation is 1. The van der Waals surface area contributed by atoms with Gasteiger partial charge in [-0.3, -0.25) is 9.48 Å². The van der Waals surface area contributed by atoms with Crippen molar-refractivity contribution in [2.24, 2.45) is 13.0 Å². The number of alkyl halides is 3. The first-order valence-electron chi connectivity index (χ1n) is 8.12. The molecular formula is C19H15F3N2O2. The van der Waals surface area contributed by atoms with Crippen LogP contribution in [0.25, 0.3) is 22.0 Å². The molecule has 1 heterocycles. The highest BCUT2D eigenvalue weighted by atomic mass is 19.4. The van der Waals surface area contributed by atoms with Crippen molar-refractivity contribution in [3.05, 3.63) is 53.7 Å². The molecule has 0 radical (unpaired) electrons. The summed E-state index contributed by atoms with van der Waals surface area (Å²) in [6.07, 6.45) is -2.13. The molecule has 1 aromatic heterocycles. The summed E-state index contributed by atoms with van der Waals surface area (Å²) < 4.78 is 40.0. The van der Waals surface area contributed by atoms with Gasteiger partial charge in [-0.15, -0.1) is 0 Å². The van der Waals surface area contributed by atoms with Crippen molar-refractivity contribution in [1.29, 1.82) is 0 Å². The number of carboxylic acids is 1. The Kier molecular flexibility index (Phi) is 3.57. The number of benzene rings is 2. The van der Waals surface area contributed by atoms with Gasteiger partial charge in [-0.25, -0.2) is 0 Å². The molecule has 0 amide bonds. The van der Waals surface area contributed by atoms with Crippen LogP contribution in [0.5, 0.6) is 0 Å². The van der Waals surface area contributed by atoms with E-state index in [0.717, 1.165) is 34.2 Å². The Labute approximate surface area is 146 Å². The molecule has 4 nitrogen and oxygen atoms in total. The van der Waals surface area contributed by atoms with Gasteiger partial charge in [0.2, 0.25) is 0 Å². The zero-order chi connectivity index (χ0) is 18.6. The molecule has 2 aromatic carbocycles. The molecule has 1 N–H and O–H groups in total. The van der Waals surface area contributed by atoms with Crippen molar-refractivity contribution in [3.63, 3.8) is 0 Å². The molecule has 134 valence electrons. The van der Waals surface area contributed by atoms with Crippen LogP contribution in [0.4, 0.5) is 13.2 Å². The van der Waals surface area contributed by atoms with Gasteiger partial charge < -0.3 is 5.11 Å². The van der Waals surface area contributed by atoms with Crippen LogP contribution in [0.2, 0.25) is 0 Å².